The summed E-state index contributed by atoms with van der Waals surface area (Å²) in [7, 11) is 0. The average Bonchev–Trinajstić information content (AvgIpc) is 3.73. The lowest BCUT2D eigenvalue weighted by atomic mass is 10.1. The van der Waals surface area contributed by atoms with Crippen molar-refractivity contribution in [1.82, 2.24) is 4.57 Å². The summed E-state index contributed by atoms with van der Waals surface area (Å²) >= 11 is 0. The highest BCUT2D eigenvalue weighted by molar-refractivity contribution is 6.15. The first-order valence-corrected chi connectivity index (χ1v) is 17.5. The second-order valence-corrected chi connectivity index (χ2v) is 13.0. The summed E-state index contributed by atoms with van der Waals surface area (Å²) < 4.78 is 8.86. The number of benzene rings is 7. The summed E-state index contributed by atoms with van der Waals surface area (Å²) in [4.78, 5) is 14.3. The van der Waals surface area contributed by atoms with Crippen LogP contribution < -0.4 is 0 Å². The van der Waals surface area contributed by atoms with Crippen LogP contribution in [0.25, 0.3) is 72.2 Å². The molecule has 0 fully saturated rings. The van der Waals surface area contributed by atoms with Crippen molar-refractivity contribution in [3.8, 4) is 5.69 Å². The second kappa shape index (κ2) is 13.2. The summed E-state index contributed by atoms with van der Waals surface area (Å²) in [6.07, 6.45) is 3.82. The van der Waals surface area contributed by atoms with Crippen molar-refractivity contribution < 1.29 is 4.42 Å². The summed E-state index contributed by atoms with van der Waals surface area (Å²) in [5.74, 6) is 1.05. The topological polar surface area (TPSA) is 55.1 Å². The summed E-state index contributed by atoms with van der Waals surface area (Å²) in [5, 5.41) is 7.89. The highest BCUT2D eigenvalue weighted by atomic mass is 16.3. The van der Waals surface area contributed by atoms with Crippen molar-refractivity contribution in [2.75, 3.05) is 0 Å². The lowest BCUT2D eigenvalue weighted by Gasteiger charge is -2.09. The van der Waals surface area contributed by atoms with Gasteiger partial charge in [-0.1, -0.05) is 116 Å². The monoisotopic (exact) mass is 682 g/mol. The normalized spacial score (nSPS) is 12.3. The first-order chi connectivity index (χ1) is 26.1. The molecule has 9 aromatic rings. The van der Waals surface area contributed by atoms with Crippen LogP contribution in [-0.2, 0) is 6.54 Å². The van der Waals surface area contributed by atoms with E-state index in [0.29, 0.717) is 18.2 Å². The molecule has 0 aliphatic carbocycles. The molecule has 5 nitrogen and oxygen atoms in total. The molecule has 9 rings (SSSR count). The molecule has 53 heavy (non-hydrogen) atoms. The van der Waals surface area contributed by atoms with Gasteiger partial charge in [0.25, 0.3) is 0 Å². The highest BCUT2D eigenvalue weighted by Crippen LogP contribution is 2.37. The van der Waals surface area contributed by atoms with Crippen molar-refractivity contribution >= 4 is 84.9 Å². The summed E-state index contributed by atoms with van der Waals surface area (Å²) in [5.41, 5.74) is 8.40. The molecule has 7 aromatic carbocycles. The van der Waals surface area contributed by atoms with Gasteiger partial charge in [0.2, 0.25) is 0 Å². The number of amidine groups is 2. The third-order valence-electron chi connectivity index (χ3n) is 9.90. The second-order valence-electron chi connectivity index (χ2n) is 13.0. The van der Waals surface area contributed by atoms with Gasteiger partial charge in [0.15, 0.2) is 11.7 Å². The van der Waals surface area contributed by atoms with Crippen LogP contribution in [0.15, 0.2) is 178 Å². The van der Waals surface area contributed by atoms with Crippen molar-refractivity contribution in [1.29, 1.82) is 0 Å². The Morgan fingerprint density at radius 2 is 1.26 bits per heavy atom. The molecule has 2 heterocycles. The zero-order chi connectivity index (χ0) is 35.9. The molecule has 0 aliphatic rings. The largest absolute Gasteiger partial charge is 0.456 e. The minimum atomic E-state index is 0.447. The minimum Gasteiger partial charge on any atom is -0.456 e. The summed E-state index contributed by atoms with van der Waals surface area (Å²) in [6, 6.07) is 50.0. The maximum atomic E-state index is 6.62. The fourth-order valence-electron chi connectivity index (χ4n) is 7.33. The SMILES string of the molecule is C=Cc1c(C=C)n(-c2ccc3c(c2)oc2cc(C(=NCc4ccc5ccccc5c4)N=C(N=C)c4ccccc4)ccc23)c2cc3ccccc3cc12. The number of rotatable bonds is 7. The van der Waals surface area contributed by atoms with E-state index in [2.05, 4.69) is 139 Å². The molecule has 0 N–H and O–H groups in total. The van der Waals surface area contributed by atoms with Gasteiger partial charge in [0, 0.05) is 44.6 Å². The predicted octanol–water partition coefficient (Wildman–Crippen LogP) is 12.2. The van der Waals surface area contributed by atoms with Crippen LogP contribution in [0.2, 0.25) is 0 Å². The lowest BCUT2D eigenvalue weighted by molar-refractivity contribution is 0.668. The Labute approximate surface area is 306 Å². The fourth-order valence-corrected chi connectivity index (χ4v) is 7.33. The Balaban J connectivity index is 1.16. The smallest absolute Gasteiger partial charge is 0.161 e. The highest BCUT2D eigenvalue weighted by Gasteiger charge is 2.18. The van der Waals surface area contributed by atoms with E-state index in [4.69, 9.17) is 14.4 Å². The number of hydrogen-bond acceptors (Lipinski definition) is 2. The number of furan rings is 1. The molecule has 0 amide bonds. The molecule has 0 unspecified atom stereocenters. The Morgan fingerprint density at radius 1 is 0.585 bits per heavy atom. The van der Waals surface area contributed by atoms with Gasteiger partial charge in [-0.25, -0.2) is 9.98 Å². The molecule has 0 saturated heterocycles. The number of fused-ring (bicyclic) bond motifs is 6. The number of nitrogens with zero attached hydrogens (tertiary/aromatic N) is 4. The van der Waals surface area contributed by atoms with E-state index in [1.165, 1.54) is 21.5 Å². The quantitative estimate of drug-likeness (QED) is 0.122. The van der Waals surface area contributed by atoms with E-state index in [0.717, 1.165) is 66.5 Å². The lowest BCUT2D eigenvalue weighted by Crippen LogP contribution is -2.05. The standard InChI is InChI=1S/C48H34N4O/c1-4-39-42-26-35-17-11-12-18-36(35)27-44(42)52(43(39)5-2)38-22-24-41-40-23-21-37(28-45(40)53-46(41)29-38)48(51-47(49-3)33-14-7-6-8-15-33)50-30-31-19-20-32-13-9-10-16-34(32)25-31/h4-29H,1-3,30H2. The van der Waals surface area contributed by atoms with Gasteiger partial charge >= 0.3 is 0 Å². The van der Waals surface area contributed by atoms with Crippen LogP contribution in [0.4, 0.5) is 0 Å². The maximum absolute atomic E-state index is 6.62. The molecule has 2 aromatic heterocycles. The minimum absolute atomic E-state index is 0.447. The molecule has 0 aliphatic heterocycles. The van der Waals surface area contributed by atoms with Gasteiger partial charge in [-0.05, 0) is 82.4 Å². The van der Waals surface area contributed by atoms with Gasteiger partial charge in [0.1, 0.15) is 11.2 Å². The van der Waals surface area contributed by atoms with Crippen LogP contribution in [0.5, 0.6) is 0 Å². The van der Waals surface area contributed by atoms with Crippen molar-refractivity contribution in [2.24, 2.45) is 15.0 Å². The Bertz CT molecular complexity index is 2980. The van der Waals surface area contributed by atoms with E-state index in [1.54, 1.807) is 0 Å². The van der Waals surface area contributed by atoms with Gasteiger partial charge in [-0.3, -0.25) is 4.99 Å². The zero-order valence-electron chi connectivity index (χ0n) is 29.0. The fraction of sp³-hybridized carbons (Fsp3) is 0.0208. The first kappa shape index (κ1) is 31.8. The molecule has 0 radical (unpaired) electrons. The van der Waals surface area contributed by atoms with E-state index in [-0.39, 0.29) is 0 Å². The van der Waals surface area contributed by atoms with Gasteiger partial charge in [-0.2, -0.15) is 0 Å². The average molecular weight is 683 g/mol. The molecular weight excluding hydrogens is 649 g/mol. The van der Waals surface area contributed by atoms with Crippen LogP contribution >= 0.6 is 0 Å². The Kier molecular flexibility index (Phi) is 7.94. The summed E-state index contributed by atoms with van der Waals surface area (Å²) in [6.45, 7) is 12.6. The zero-order valence-corrected chi connectivity index (χ0v) is 29.0. The van der Waals surface area contributed by atoms with E-state index in [9.17, 15) is 0 Å². The van der Waals surface area contributed by atoms with Gasteiger partial charge < -0.3 is 8.98 Å². The van der Waals surface area contributed by atoms with Gasteiger partial charge in [0.05, 0.1) is 17.8 Å². The van der Waals surface area contributed by atoms with E-state index in [1.807, 2.05) is 48.6 Å². The third-order valence-corrected chi connectivity index (χ3v) is 9.90. The third kappa shape index (κ3) is 5.65. The van der Waals surface area contributed by atoms with Crippen LogP contribution in [0.3, 0.4) is 0 Å². The maximum Gasteiger partial charge on any atom is 0.161 e. The van der Waals surface area contributed by atoms with E-state index < -0.39 is 0 Å². The van der Waals surface area contributed by atoms with Crippen molar-refractivity contribution in [3.63, 3.8) is 0 Å². The van der Waals surface area contributed by atoms with Crippen LogP contribution in [0, 0.1) is 0 Å². The Morgan fingerprint density at radius 3 is 2.00 bits per heavy atom. The number of aliphatic imine (C=N–C) groups is 3. The van der Waals surface area contributed by atoms with Crippen molar-refractivity contribution in [2.45, 2.75) is 6.54 Å². The van der Waals surface area contributed by atoms with Crippen LogP contribution in [-0.4, -0.2) is 23.0 Å². The predicted molar refractivity (Wildman–Crippen MR) is 225 cm³/mol. The Hall–Kier alpha value is -7.11. The molecule has 252 valence electrons. The molecular formula is C48H34N4O. The van der Waals surface area contributed by atoms with Crippen LogP contribution in [0.1, 0.15) is 27.9 Å². The van der Waals surface area contributed by atoms with E-state index >= 15 is 0 Å². The number of aromatic nitrogens is 1. The molecule has 0 atom stereocenters. The number of hydrogen-bond donors (Lipinski definition) is 0. The molecule has 0 saturated carbocycles. The van der Waals surface area contributed by atoms with Gasteiger partial charge in [-0.15, -0.1) is 0 Å². The van der Waals surface area contributed by atoms with Crippen molar-refractivity contribution in [3.05, 3.63) is 187 Å². The molecule has 0 spiro atoms. The first-order valence-electron chi connectivity index (χ1n) is 17.5. The molecule has 0 bridgehead atoms. The molecule has 5 heteroatoms.